The molecule has 0 aliphatic heterocycles. The van der Waals surface area contributed by atoms with Crippen molar-refractivity contribution in [3.05, 3.63) is 36.5 Å². The van der Waals surface area contributed by atoms with E-state index in [2.05, 4.69) is 50.3 Å². The van der Waals surface area contributed by atoms with E-state index in [4.69, 9.17) is 18.9 Å². The number of carboxylic acid groups (broad SMARTS) is 1. The molecule has 0 aromatic carbocycles. The number of rotatable bonds is 84. The Labute approximate surface area is 617 Å². The lowest BCUT2D eigenvalue weighted by Gasteiger charge is -2.26. The van der Waals surface area contributed by atoms with Crippen molar-refractivity contribution < 1.29 is 42.9 Å². The van der Waals surface area contributed by atoms with Gasteiger partial charge in [-0.15, -0.1) is 0 Å². The van der Waals surface area contributed by atoms with Crippen LogP contribution < -0.4 is 5.11 Å². The van der Waals surface area contributed by atoms with Crippen molar-refractivity contribution in [2.45, 2.75) is 476 Å². The van der Waals surface area contributed by atoms with E-state index in [1.54, 1.807) is 0 Å². The van der Waals surface area contributed by atoms with Crippen LogP contribution in [-0.2, 0) is 33.3 Å². The lowest BCUT2D eigenvalue weighted by atomic mass is 10.0. The number of ether oxygens (including phenoxy) is 4. The Hall–Kier alpha value is -2.49. The Bertz CT molecular complexity index is 1720. The minimum absolute atomic E-state index is 0.151. The van der Waals surface area contributed by atoms with E-state index in [1.807, 2.05) is 21.1 Å². The molecule has 0 aromatic heterocycles. The molecule has 0 rings (SSSR count). The Kier molecular flexibility index (Phi) is 79.1. The number of aliphatic carboxylic acids is 1. The zero-order chi connectivity index (χ0) is 71.8. The summed E-state index contributed by atoms with van der Waals surface area (Å²) in [4.78, 5) is 37.7. The van der Waals surface area contributed by atoms with Gasteiger partial charge in [0.2, 0.25) is 0 Å². The largest absolute Gasteiger partial charge is 0.545 e. The van der Waals surface area contributed by atoms with Crippen LogP contribution in [0.4, 0.5) is 0 Å². The second kappa shape index (κ2) is 81.2. The monoisotopic (exact) mass is 1390 g/mol. The predicted molar refractivity (Wildman–Crippen MR) is 426 cm³/mol. The topological polar surface area (TPSA) is 111 Å². The van der Waals surface area contributed by atoms with Gasteiger partial charge in [0.05, 0.1) is 40.3 Å². The third-order valence-electron chi connectivity index (χ3n) is 20.4. The third-order valence-corrected chi connectivity index (χ3v) is 20.4. The van der Waals surface area contributed by atoms with Crippen LogP contribution >= 0.6 is 0 Å². The van der Waals surface area contributed by atoms with Crippen molar-refractivity contribution in [3.63, 3.8) is 0 Å². The summed E-state index contributed by atoms with van der Waals surface area (Å²) in [5, 5.41) is 11.9. The molecule has 2 unspecified atom stereocenters. The molecule has 0 spiro atoms. The van der Waals surface area contributed by atoms with Gasteiger partial charge in [-0.05, 0) is 51.4 Å². The molecule has 0 radical (unpaired) electrons. The average molecular weight is 1400 g/mol. The van der Waals surface area contributed by atoms with Gasteiger partial charge in [-0.2, -0.15) is 0 Å². The molecular weight excluding hydrogens is 1220 g/mol. The highest BCUT2D eigenvalue weighted by Gasteiger charge is 2.22. The van der Waals surface area contributed by atoms with Crippen molar-refractivity contribution in [1.82, 2.24) is 0 Å². The number of hydrogen-bond donors (Lipinski definition) is 0. The van der Waals surface area contributed by atoms with Gasteiger partial charge in [-0.1, -0.05) is 436 Å². The maximum atomic E-state index is 13.0. The van der Waals surface area contributed by atoms with Crippen molar-refractivity contribution in [2.24, 2.45) is 0 Å². The average Bonchev–Trinajstić information content (AvgIpc) is 1.57. The van der Waals surface area contributed by atoms with Gasteiger partial charge in [0.1, 0.15) is 13.2 Å². The van der Waals surface area contributed by atoms with Crippen LogP contribution in [0.5, 0.6) is 0 Å². The van der Waals surface area contributed by atoms with Crippen LogP contribution in [0.15, 0.2) is 36.5 Å². The highest BCUT2D eigenvalue weighted by Crippen LogP contribution is 2.21. The van der Waals surface area contributed by atoms with E-state index in [1.165, 1.54) is 385 Å². The quantitative estimate of drug-likeness (QED) is 0.0195. The van der Waals surface area contributed by atoms with E-state index in [0.717, 1.165) is 51.4 Å². The lowest BCUT2D eigenvalue weighted by molar-refractivity contribution is -0.870. The predicted octanol–water partition coefficient (Wildman–Crippen LogP) is 27.3. The summed E-state index contributed by atoms with van der Waals surface area (Å²) in [7, 11) is 5.96. The molecule has 9 heteroatoms. The highest BCUT2D eigenvalue weighted by molar-refractivity contribution is 5.70. The van der Waals surface area contributed by atoms with Gasteiger partial charge >= 0.3 is 11.9 Å². The van der Waals surface area contributed by atoms with E-state index in [-0.39, 0.29) is 32.2 Å². The highest BCUT2D eigenvalue weighted by atomic mass is 16.7. The zero-order valence-electron chi connectivity index (χ0n) is 67.2. The molecule has 0 bridgehead atoms. The molecule has 99 heavy (non-hydrogen) atoms. The lowest BCUT2D eigenvalue weighted by Crippen LogP contribution is -2.44. The standard InChI is InChI=1S/C90H171NO8/c1-6-8-10-12-14-16-18-20-22-24-26-28-30-32-34-36-38-40-41-42-43-44-45-46-47-49-50-52-54-56-58-60-62-64-66-68-70-72-74-76-78-80-87(92)97-84-86(85-98-90(89(94)95)96-83-82-91(3,4)5)99-88(93)81-79-77-75-73-71-69-67-65-63-61-59-57-55-53-51-48-39-37-35-33-31-29-27-25-23-21-19-17-15-13-11-9-7-2/h19,21,25,27,31,33,86,90H,6-18,20,22-24,26,28-30,32,34-85H2,1-5H3/b21-19-,27-25-,33-31-. The molecule has 0 saturated heterocycles. The summed E-state index contributed by atoms with van der Waals surface area (Å²) < 4.78 is 22.9. The molecule has 0 N–H and O–H groups in total. The van der Waals surface area contributed by atoms with Gasteiger partial charge in [0.15, 0.2) is 12.4 Å². The van der Waals surface area contributed by atoms with Crippen LogP contribution in [0.2, 0.25) is 0 Å². The number of unbranched alkanes of at least 4 members (excludes halogenated alkanes) is 63. The van der Waals surface area contributed by atoms with E-state index < -0.39 is 24.3 Å². The number of quaternary nitrogens is 1. The fraction of sp³-hybridized carbons (Fsp3) is 0.900. The van der Waals surface area contributed by atoms with Crippen molar-refractivity contribution in [2.75, 3.05) is 47.5 Å². The number of carbonyl (C=O) groups is 3. The van der Waals surface area contributed by atoms with Gasteiger partial charge in [-0.3, -0.25) is 9.59 Å². The van der Waals surface area contributed by atoms with Crippen molar-refractivity contribution in [1.29, 1.82) is 0 Å². The molecule has 0 heterocycles. The molecule has 0 amide bonds. The summed E-state index contributed by atoms with van der Waals surface area (Å²) in [5.74, 6) is -2.25. The summed E-state index contributed by atoms with van der Waals surface area (Å²) in [5.41, 5.74) is 0. The minimum atomic E-state index is -1.62. The summed E-state index contributed by atoms with van der Waals surface area (Å²) in [6, 6.07) is 0. The number of esters is 2. The normalized spacial score (nSPS) is 12.7. The zero-order valence-corrected chi connectivity index (χ0v) is 67.2. The Morgan fingerprint density at radius 2 is 0.545 bits per heavy atom. The molecule has 2 atom stereocenters. The second-order valence-electron chi connectivity index (χ2n) is 31.5. The van der Waals surface area contributed by atoms with Crippen LogP contribution in [0, 0.1) is 0 Å². The molecule has 0 aliphatic carbocycles. The molecular formula is C90H171NO8. The Morgan fingerprint density at radius 1 is 0.303 bits per heavy atom. The first-order valence-electron chi connectivity index (χ1n) is 44.1. The number of likely N-dealkylation sites (N-methyl/N-ethyl adjacent to an activating group) is 1. The summed E-state index contributed by atoms with van der Waals surface area (Å²) >= 11 is 0. The SMILES string of the molecule is CCCCCCC/C=C\C/C=C\C/C=C\CCCCCCCCCCCCCCCCCCCCC(=O)OC(COC(=O)CCCCCCCCCCCCCCCCCCCCCCCCCCCCCCCCCCCCCCCCCCC)COC(OCC[N+](C)(C)C)C(=O)[O-]. The molecule has 0 aromatic rings. The second-order valence-corrected chi connectivity index (χ2v) is 31.5. The first kappa shape index (κ1) is 96.5. The van der Waals surface area contributed by atoms with Gasteiger partial charge in [-0.25, -0.2) is 0 Å². The fourth-order valence-electron chi connectivity index (χ4n) is 13.7. The molecule has 9 nitrogen and oxygen atoms in total. The number of allylic oxidation sites excluding steroid dienone is 6. The molecule has 0 saturated carbocycles. The maximum absolute atomic E-state index is 13.0. The van der Waals surface area contributed by atoms with Crippen LogP contribution in [0.1, 0.15) is 463 Å². The Morgan fingerprint density at radius 3 is 0.808 bits per heavy atom. The van der Waals surface area contributed by atoms with Gasteiger partial charge in [0, 0.05) is 12.8 Å². The van der Waals surface area contributed by atoms with E-state index in [9.17, 15) is 19.5 Å². The van der Waals surface area contributed by atoms with Crippen LogP contribution in [-0.4, -0.2) is 82.3 Å². The summed E-state index contributed by atoms with van der Waals surface area (Å²) in [6.07, 6.45) is 103. The van der Waals surface area contributed by atoms with Crippen LogP contribution in [0.25, 0.3) is 0 Å². The minimum Gasteiger partial charge on any atom is -0.545 e. The maximum Gasteiger partial charge on any atom is 0.306 e. The molecule has 584 valence electrons. The van der Waals surface area contributed by atoms with Crippen molar-refractivity contribution >= 4 is 17.9 Å². The fourth-order valence-corrected chi connectivity index (χ4v) is 13.7. The Balaban J connectivity index is 3.90. The van der Waals surface area contributed by atoms with Crippen molar-refractivity contribution in [3.8, 4) is 0 Å². The van der Waals surface area contributed by atoms with Gasteiger partial charge in [0.25, 0.3) is 0 Å². The number of hydrogen-bond acceptors (Lipinski definition) is 8. The number of nitrogens with zero attached hydrogens (tertiary/aromatic N) is 1. The summed E-state index contributed by atoms with van der Waals surface area (Å²) in [6.45, 7) is 4.83. The first-order chi connectivity index (χ1) is 48.6. The number of carboxylic acids is 1. The molecule has 0 fully saturated rings. The molecule has 0 aliphatic rings. The first-order valence-corrected chi connectivity index (χ1v) is 44.1. The number of carbonyl (C=O) groups excluding carboxylic acids is 3. The van der Waals surface area contributed by atoms with E-state index >= 15 is 0 Å². The van der Waals surface area contributed by atoms with E-state index in [0.29, 0.717) is 17.4 Å². The van der Waals surface area contributed by atoms with Crippen LogP contribution in [0.3, 0.4) is 0 Å². The smallest absolute Gasteiger partial charge is 0.306 e. The van der Waals surface area contributed by atoms with Gasteiger partial charge < -0.3 is 33.3 Å². The third kappa shape index (κ3) is 82.7.